The van der Waals surface area contributed by atoms with Crippen LogP contribution in [0.25, 0.3) is 0 Å². The number of benzene rings is 2. The average molecular weight is 432 g/mol. The smallest absolute Gasteiger partial charge is 0.277 e. The van der Waals surface area contributed by atoms with Crippen LogP contribution >= 0.6 is 23.4 Å². The fourth-order valence-electron chi connectivity index (χ4n) is 2.75. The van der Waals surface area contributed by atoms with Crippen molar-refractivity contribution in [1.82, 2.24) is 10.2 Å². The van der Waals surface area contributed by atoms with Gasteiger partial charge in [-0.25, -0.2) is 0 Å². The fourth-order valence-corrected chi connectivity index (χ4v) is 3.62. The number of ether oxygens (including phenoxy) is 1. The van der Waals surface area contributed by atoms with E-state index in [9.17, 15) is 4.79 Å². The Morgan fingerprint density at radius 2 is 1.97 bits per heavy atom. The number of anilines is 1. The summed E-state index contributed by atoms with van der Waals surface area (Å²) < 4.78 is 11.0. The highest BCUT2D eigenvalue weighted by Crippen LogP contribution is 2.30. The summed E-state index contributed by atoms with van der Waals surface area (Å²) >= 11 is 7.22. The van der Waals surface area contributed by atoms with E-state index < -0.39 is 5.25 Å². The molecule has 0 fully saturated rings. The molecule has 0 saturated heterocycles. The average Bonchev–Trinajstić information content (AvgIpc) is 3.15. The summed E-state index contributed by atoms with van der Waals surface area (Å²) in [7, 11) is 1.54. The fraction of sp³-hybridized carbons (Fsp3) is 0.286. The summed E-state index contributed by atoms with van der Waals surface area (Å²) in [5, 5.41) is 11.4. The molecule has 6 nitrogen and oxygen atoms in total. The number of carbonyl (C=O) groups is 1. The van der Waals surface area contributed by atoms with Crippen molar-refractivity contribution in [3.8, 4) is 5.75 Å². The maximum atomic E-state index is 12.5. The number of carbonyl (C=O) groups excluding carboxylic acids is 1. The first-order chi connectivity index (χ1) is 14.0. The molecule has 0 aliphatic carbocycles. The highest BCUT2D eigenvalue weighted by Gasteiger charge is 2.20. The van der Waals surface area contributed by atoms with Crippen LogP contribution in [-0.4, -0.2) is 28.5 Å². The van der Waals surface area contributed by atoms with Crippen LogP contribution in [-0.2, 0) is 11.2 Å². The number of amides is 1. The van der Waals surface area contributed by atoms with E-state index in [1.165, 1.54) is 24.4 Å². The van der Waals surface area contributed by atoms with Crippen LogP contribution in [0.4, 0.5) is 5.69 Å². The van der Waals surface area contributed by atoms with Crippen LogP contribution in [0.15, 0.2) is 58.2 Å². The second-order valence-electron chi connectivity index (χ2n) is 6.57. The van der Waals surface area contributed by atoms with E-state index in [4.69, 9.17) is 20.8 Å². The topological polar surface area (TPSA) is 77.2 Å². The molecule has 1 heterocycles. The quantitative estimate of drug-likeness (QED) is 0.494. The molecule has 2 aromatic carbocycles. The summed E-state index contributed by atoms with van der Waals surface area (Å²) in [4.78, 5) is 12.5. The molecule has 1 aromatic heterocycles. The molecular weight excluding hydrogens is 410 g/mol. The molecule has 29 heavy (non-hydrogen) atoms. The molecule has 0 saturated carbocycles. The lowest BCUT2D eigenvalue weighted by atomic mass is 9.98. The van der Waals surface area contributed by atoms with Crippen molar-refractivity contribution >= 4 is 35.0 Å². The Morgan fingerprint density at radius 1 is 1.21 bits per heavy atom. The number of rotatable bonds is 8. The first-order valence-electron chi connectivity index (χ1n) is 9.14. The number of hydrogen-bond acceptors (Lipinski definition) is 6. The molecule has 2 atom stereocenters. The highest BCUT2D eigenvalue weighted by atomic mass is 35.5. The van der Waals surface area contributed by atoms with Gasteiger partial charge in [0.25, 0.3) is 5.22 Å². The normalized spacial score (nSPS) is 13.0. The molecule has 1 N–H and O–H groups in total. The summed E-state index contributed by atoms with van der Waals surface area (Å²) in [5.41, 5.74) is 1.73. The molecule has 0 aliphatic rings. The highest BCUT2D eigenvalue weighted by molar-refractivity contribution is 8.00. The van der Waals surface area contributed by atoms with E-state index in [2.05, 4.69) is 34.6 Å². The predicted octanol–water partition coefficient (Wildman–Crippen LogP) is 5.20. The lowest BCUT2D eigenvalue weighted by molar-refractivity contribution is -0.115. The number of hydrogen-bond donors (Lipinski definition) is 1. The molecule has 152 valence electrons. The van der Waals surface area contributed by atoms with Gasteiger partial charge in [0.15, 0.2) is 0 Å². The summed E-state index contributed by atoms with van der Waals surface area (Å²) in [6.07, 6.45) is 0.637. The molecule has 8 heteroatoms. The number of nitrogens with one attached hydrogen (secondary N) is 1. The first-order valence-corrected chi connectivity index (χ1v) is 10.4. The van der Waals surface area contributed by atoms with Crippen molar-refractivity contribution in [2.45, 2.75) is 36.7 Å². The predicted molar refractivity (Wildman–Crippen MR) is 115 cm³/mol. The Labute approximate surface area is 179 Å². The third kappa shape index (κ3) is 5.74. The van der Waals surface area contributed by atoms with Crippen molar-refractivity contribution in [3.63, 3.8) is 0 Å². The Kier molecular flexibility index (Phi) is 7.17. The van der Waals surface area contributed by atoms with Crippen LogP contribution in [0.1, 0.15) is 31.2 Å². The monoisotopic (exact) mass is 431 g/mol. The van der Waals surface area contributed by atoms with Gasteiger partial charge in [-0.2, -0.15) is 0 Å². The van der Waals surface area contributed by atoms with Crippen LogP contribution in [0.5, 0.6) is 5.75 Å². The minimum atomic E-state index is -0.446. The molecule has 0 aliphatic heterocycles. The standard InChI is InChI=1S/C21H22ClN3O3S/c1-13(15-7-5-4-6-8-15)11-19-24-25-21(28-19)29-14(2)20(26)23-17-12-16(22)9-10-18(17)27-3/h4-10,12-14H,11H2,1-3H3,(H,23,26). The van der Waals surface area contributed by atoms with Gasteiger partial charge in [-0.1, -0.05) is 60.6 Å². The third-order valence-corrected chi connectivity index (χ3v) is 5.53. The zero-order valence-electron chi connectivity index (χ0n) is 16.4. The molecule has 1 amide bonds. The molecule has 3 aromatic rings. The van der Waals surface area contributed by atoms with Crippen LogP contribution in [0, 0.1) is 0 Å². The minimum Gasteiger partial charge on any atom is -0.495 e. The molecule has 2 unspecified atom stereocenters. The largest absolute Gasteiger partial charge is 0.495 e. The lowest BCUT2D eigenvalue weighted by Crippen LogP contribution is -2.22. The van der Waals surface area contributed by atoms with Gasteiger partial charge in [0, 0.05) is 11.4 Å². The van der Waals surface area contributed by atoms with Crippen molar-refractivity contribution in [2.75, 3.05) is 12.4 Å². The van der Waals surface area contributed by atoms with Gasteiger partial charge in [0.1, 0.15) is 5.75 Å². The number of thioether (sulfide) groups is 1. The van der Waals surface area contributed by atoms with Gasteiger partial charge in [0.2, 0.25) is 11.8 Å². The maximum Gasteiger partial charge on any atom is 0.277 e. The molecule has 3 rings (SSSR count). The van der Waals surface area contributed by atoms with Crippen LogP contribution in [0.3, 0.4) is 0 Å². The Balaban J connectivity index is 1.59. The number of methoxy groups -OCH3 is 1. The van der Waals surface area contributed by atoms with Crippen molar-refractivity contribution in [2.24, 2.45) is 0 Å². The van der Waals surface area contributed by atoms with Crippen molar-refractivity contribution in [1.29, 1.82) is 0 Å². The second-order valence-corrected chi connectivity index (χ2v) is 8.30. The zero-order valence-corrected chi connectivity index (χ0v) is 18.0. The third-order valence-electron chi connectivity index (χ3n) is 4.36. The van der Waals surface area contributed by atoms with E-state index in [0.717, 1.165) is 0 Å². The molecule has 0 bridgehead atoms. The number of aromatic nitrogens is 2. The first kappa shape index (κ1) is 21.2. The maximum absolute atomic E-state index is 12.5. The van der Waals surface area contributed by atoms with Crippen LogP contribution < -0.4 is 10.1 Å². The van der Waals surface area contributed by atoms with Crippen molar-refractivity contribution in [3.05, 3.63) is 65.0 Å². The van der Waals surface area contributed by atoms with Gasteiger partial charge in [-0.15, -0.1) is 10.2 Å². The summed E-state index contributed by atoms with van der Waals surface area (Å²) in [6.45, 7) is 3.88. The zero-order chi connectivity index (χ0) is 20.8. The lowest BCUT2D eigenvalue weighted by Gasteiger charge is -2.13. The molecular formula is C21H22ClN3O3S. The van der Waals surface area contributed by atoms with Crippen molar-refractivity contribution < 1.29 is 13.9 Å². The Hall–Kier alpha value is -2.51. The van der Waals surface area contributed by atoms with Gasteiger partial charge >= 0.3 is 0 Å². The van der Waals surface area contributed by atoms with Crippen LogP contribution in [0.2, 0.25) is 5.02 Å². The van der Waals surface area contributed by atoms with Gasteiger partial charge < -0.3 is 14.5 Å². The van der Waals surface area contributed by atoms with Gasteiger partial charge in [-0.05, 0) is 36.6 Å². The summed E-state index contributed by atoms with van der Waals surface area (Å²) in [5.74, 6) is 1.13. The van der Waals surface area contributed by atoms with E-state index in [-0.39, 0.29) is 11.8 Å². The van der Waals surface area contributed by atoms with E-state index in [1.807, 2.05) is 18.2 Å². The van der Waals surface area contributed by atoms with E-state index in [1.54, 1.807) is 25.1 Å². The van der Waals surface area contributed by atoms with E-state index in [0.29, 0.717) is 34.0 Å². The second kappa shape index (κ2) is 9.80. The SMILES string of the molecule is COc1ccc(Cl)cc1NC(=O)C(C)Sc1nnc(CC(C)c2ccccc2)o1. The van der Waals surface area contributed by atoms with E-state index >= 15 is 0 Å². The summed E-state index contributed by atoms with van der Waals surface area (Å²) in [6, 6.07) is 15.2. The van der Waals surface area contributed by atoms with Gasteiger partial charge in [0.05, 0.1) is 18.0 Å². The molecule has 0 spiro atoms. The Bertz CT molecular complexity index is 965. The minimum absolute atomic E-state index is 0.215. The Morgan fingerprint density at radius 3 is 2.69 bits per heavy atom. The van der Waals surface area contributed by atoms with Gasteiger partial charge in [-0.3, -0.25) is 4.79 Å². The number of halogens is 1. The molecule has 0 radical (unpaired) electrons. The number of nitrogens with zero attached hydrogens (tertiary/aromatic N) is 2.